The fourth-order valence-electron chi connectivity index (χ4n) is 2.11. The van der Waals surface area contributed by atoms with E-state index in [4.69, 9.17) is 5.11 Å². The second-order valence-corrected chi connectivity index (χ2v) is 4.19. The number of aliphatic carboxylic acids is 1. The largest absolute Gasteiger partial charge is 0.480 e. The molecule has 6 nitrogen and oxygen atoms in total. The van der Waals surface area contributed by atoms with E-state index in [0.717, 1.165) is 25.9 Å². The molecule has 0 bridgehead atoms. The standard InChI is InChI=1S/C10H16N4O2/c15-10(16)9-7-8(1-3-11-9)2-5-14-6-4-12-13-14/h4,6,8-9,11H,1-3,5,7H2,(H,15,16). The number of rotatable bonds is 4. The number of hydrogen-bond donors (Lipinski definition) is 2. The Kier molecular flexibility index (Phi) is 3.51. The molecule has 1 fully saturated rings. The molecule has 2 unspecified atom stereocenters. The third-order valence-electron chi connectivity index (χ3n) is 3.05. The molecular weight excluding hydrogens is 208 g/mol. The lowest BCUT2D eigenvalue weighted by Crippen LogP contribution is -2.43. The van der Waals surface area contributed by atoms with Crippen LogP contribution in [0.3, 0.4) is 0 Å². The number of carbonyl (C=O) groups is 1. The average Bonchev–Trinajstić information content (AvgIpc) is 2.79. The van der Waals surface area contributed by atoms with Gasteiger partial charge in [0.1, 0.15) is 6.04 Å². The summed E-state index contributed by atoms with van der Waals surface area (Å²) in [7, 11) is 0. The molecule has 1 saturated heterocycles. The molecule has 1 aliphatic heterocycles. The maximum atomic E-state index is 10.8. The third kappa shape index (κ3) is 2.79. The molecule has 2 N–H and O–H groups in total. The molecule has 16 heavy (non-hydrogen) atoms. The zero-order valence-corrected chi connectivity index (χ0v) is 9.04. The Morgan fingerprint density at radius 2 is 2.50 bits per heavy atom. The number of nitrogens with zero attached hydrogens (tertiary/aromatic N) is 3. The second kappa shape index (κ2) is 5.07. The lowest BCUT2D eigenvalue weighted by molar-refractivity contribution is -0.140. The zero-order valence-electron chi connectivity index (χ0n) is 9.04. The first-order valence-corrected chi connectivity index (χ1v) is 5.56. The van der Waals surface area contributed by atoms with E-state index in [1.807, 2.05) is 6.20 Å². The van der Waals surface area contributed by atoms with Crippen LogP contribution in [0.15, 0.2) is 12.4 Å². The van der Waals surface area contributed by atoms with Crippen LogP contribution >= 0.6 is 0 Å². The fourth-order valence-corrected chi connectivity index (χ4v) is 2.11. The number of piperidine rings is 1. The summed E-state index contributed by atoms with van der Waals surface area (Å²) < 4.78 is 1.79. The minimum Gasteiger partial charge on any atom is -0.480 e. The first-order valence-electron chi connectivity index (χ1n) is 5.56. The van der Waals surface area contributed by atoms with E-state index in [2.05, 4.69) is 15.6 Å². The van der Waals surface area contributed by atoms with Gasteiger partial charge in [0, 0.05) is 12.7 Å². The van der Waals surface area contributed by atoms with Gasteiger partial charge in [-0.3, -0.25) is 9.48 Å². The molecule has 6 heteroatoms. The highest BCUT2D eigenvalue weighted by Crippen LogP contribution is 2.20. The summed E-state index contributed by atoms with van der Waals surface area (Å²) in [5.41, 5.74) is 0. The highest BCUT2D eigenvalue weighted by molar-refractivity contribution is 5.73. The van der Waals surface area contributed by atoms with Crippen LogP contribution in [0.2, 0.25) is 0 Å². The zero-order chi connectivity index (χ0) is 11.4. The number of hydrogen-bond acceptors (Lipinski definition) is 4. The quantitative estimate of drug-likeness (QED) is 0.759. The molecule has 2 atom stereocenters. The van der Waals surface area contributed by atoms with E-state index in [9.17, 15) is 4.79 Å². The van der Waals surface area contributed by atoms with Crippen molar-refractivity contribution in [3.05, 3.63) is 12.4 Å². The van der Waals surface area contributed by atoms with Gasteiger partial charge in [0.2, 0.25) is 0 Å². The van der Waals surface area contributed by atoms with Gasteiger partial charge in [-0.2, -0.15) is 0 Å². The van der Waals surface area contributed by atoms with Crippen LogP contribution in [-0.2, 0) is 11.3 Å². The molecule has 88 valence electrons. The normalized spacial score (nSPS) is 25.5. The van der Waals surface area contributed by atoms with Crippen molar-refractivity contribution in [2.24, 2.45) is 5.92 Å². The number of nitrogens with one attached hydrogen (secondary N) is 1. The van der Waals surface area contributed by atoms with Crippen LogP contribution in [0, 0.1) is 5.92 Å². The van der Waals surface area contributed by atoms with Gasteiger partial charge >= 0.3 is 5.97 Å². The van der Waals surface area contributed by atoms with Crippen LogP contribution in [0.1, 0.15) is 19.3 Å². The molecule has 1 aliphatic rings. The van der Waals surface area contributed by atoms with Gasteiger partial charge in [0.05, 0.1) is 6.20 Å². The van der Waals surface area contributed by atoms with Gasteiger partial charge in [-0.1, -0.05) is 5.21 Å². The van der Waals surface area contributed by atoms with Gasteiger partial charge in [0.15, 0.2) is 0 Å². The Morgan fingerprint density at radius 1 is 1.62 bits per heavy atom. The second-order valence-electron chi connectivity index (χ2n) is 4.19. The van der Waals surface area contributed by atoms with Crippen molar-refractivity contribution in [3.8, 4) is 0 Å². The summed E-state index contributed by atoms with van der Waals surface area (Å²) in [4.78, 5) is 10.8. The molecular formula is C10H16N4O2. The Balaban J connectivity index is 1.79. The molecule has 0 aliphatic carbocycles. The molecule has 0 saturated carbocycles. The molecule has 1 aromatic rings. The number of aromatic nitrogens is 3. The number of carboxylic acid groups (broad SMARTS) is 1. The van der Waals surface area contributed by atoms with Crippen LogP contribution < -0.4 is 5.32 Å². The molecule has 0 aromatic carbocycles. The van der Waals surface area contributed by atoms with Gasteiger partial charge in [-0.05, 0) is 31.7 Å². The van der Waals surface area contributed by atoms with Gasteiger partial charge in [-0.25, -0.2) is 0 Å². The molecule has 2 heterocycles. The summed E-state index contributed by atoms with van der Waals surface area (Å²) >= 11 is 0. The van der Waals surface area contributed by atoms with Gasteiger partial charge < -0.3 is 10.4 Å². The van der Waals surface area contributed by atoms with Crippen LogP contribution in [0.4, 0.5) is 0 Å². The summed E-state index contributed by atoms with van der Waals surface area (Å²) in [5, 5.41) is 19.6. The van der Waals surface area contributed by atoms with Crippen molar-refractivity contribution < 1.29 is 9.90 Å². The Hall–Kier alpha value is -1.43. The first-order chi connectivity index (χ1) is 7.75. The van der Waals surface area contributed by atoms with E-state index in [-0.39, 0.29) is 6.04 Å². The van der Waals surface area contributed by atoms with Crippen LogP contribution in [0.5, 0.6) is 0 Å². The highest BCUT2D eigenvalue weighted by Gasteiger charge is 2.26. The maximum absolute atomic E-state index is 10.8. The Bertz CT molecular complexity index is 339. The van der Waals surface area contributed by atoms with E-state index in [0.29, 0.717) is 12.3 Å². The highest BCUT2D eigenvalue weighted by atomic mass is 16.4. The monoisotopic (exact) mass is 224 g/mol. The van der Waals surface area contributed by atoms with E-state index >= 15 is 0 Å². The minimum absolute atomic E-state index is 0.380. The fraction of sp³-hybridized carbons (Fsp3) is 0.700. The van der Waals surface area contributed by atoms with Crippen molar-refractivity contribution in [2.75, 3.05) is 6.54 Å². The molecule has 2 rings (SSSR count). The molecule has 0 amide bonds. The number of carboxylic acids is 1. The molecule has 1 aromatic heterocycles. The maximum Gasteiger partial charge on any atom is 0.320 e. The Labute approximate surface area is 93.6 Å². The van der Waals surface area contributed by atoms with Crippen LogP contribution in [-0.4, -0.2) is 38.7 Å². The van der Waals surface area contributed by atoms with Crippen molar-refractivity contribution in [3.63, 3.8) is 0 Å². The first kappa shape index (κ1) is 11.1. The van der Waals surface area contributed by atoms with Crippen molar-refractivity contribution in [2.45, 2.75) is 31.8 Å². The number of aryl methyl sites for hydroxylation is 1. The van der Waals surface area contributed by atoms with E-state index in [1.54, 1.807) is 10.9 Å². The van der Waals surface area contributed by atoms with Gasteiger partial charge in [0.25, 0.3) is 0 Å². The van der Waals surface area contributed by atoms with Crippen molar-refractivity contribution >= 4 is 5.97 Å². The Morgan fingerprint density at radius 3 is 3.19 bits per heavy atom. The van der Waals surface area contributed by atoms with Crippen molar-refractivity contribution in [1.82, 2.24) is 20.3 Å². The van der Waals surface area contributed by atoms with E-state index in [1.165, 1.54) is 0 Å². The van der Waals surface area contributed by atoms with Gasteiger partial charge in [-0.15, -0.1) is 5.10 Å². The minimum atomic E-state index is -0.745. The average molecular weight is 224 g/mol. The summed E-state index contributed by atoms with van der Waals surface area (Å²) in [6.45, 7) is 1.61. The molecule has 0 radical (unpaired) electrons. The topological polar surface area (TPSA) is 80.0 Å². The lowest BCUT2D eigenvalue weighted by Gasteiger charge is -2.27. The van der Waals surface area contributed by atoms with E-state index < -0.39 is 5.97 Å². The SMILES string of the molecule is O=C(O)C1CC(CCn2ccnn2)CCN1. The van der Waals surface area contributed by atoms with Crippen molar-refractivity contribution in [1.29, 1.82) is 0 Å². The summed E-state index contributed by atoms with van der Waals surface area (Å²) in [5.74, 6) is -0.281. The molecule has 0 spiro atoms. The summed E-state index contributed by atoms with van der Waals surface area (Å²) in [6, 6.07) is -0.380. The predicted octanol–water partition coefficient (Wildman–Crippen LogP) is 0.121. The summed E-state index contributed by atoms with van der Waals surface area (Å²) in [6.07, 6.45) is 6.20. The smallest absolute Gasteiger partial charge is 0.320 e. The third-order valence-corrected chi connectivity index (χ3v) is 3.05. The predicted molar refractivity (Wildman–Crippen MR) is 56.8 cm³/mol. The van der Waals surface area contributed by atoms with Crippen LogP contribution in [0.25, 0.3) is 0 Å². The lowest BCUT2D eigenvalue weighted by atomic mass is 9.90.